The van der Waals surface area contributed by atoms with Crippen molar-refractivity contribution in [2.45, 2.75) is 0 Å². The molecular formula is C45H27N5O. The third-order valence-electron chi connectivity index (χ3n) is 10.1. The van der Waals surface area contributed by atoms with Crippen molar-refractivity contribution in [3.63, 3.8) is 0 Å². The van der Waals surface area contributed by atoms with E-state index in [0.717, 1.165) is 55.5 Å². The molecule has 7 aromatic carbocycles. The summed E-state index contributed by atoms with van der Waals surface area (Å²) in [7, 11) is 0. The number of furan rings is 1. The van der Waals surface area contributed by atoms with E-state index < -0.39 is 0 Å². The zero-order valence-electron chi connectivity index (χ0n) is 27.2. The lowest BCUT2D eigenvalue weighted by molar-refractivity contribution is 0.669. The van der Waals surface area contributed by atoms with Gasteiger partial charge in [-0.05, 0) is 60.7 Å². The molecule has 0 fully saturated rings. The van der Waals surface area contributed by atoms with Crippen LogP contribution in [0.4, 0.5) is 0 Å². The number of fused-ring (bicyclic) bond motifs is 9. The van der Waals surface area contributed by atoms with Crippen LogP contribution in [0.2, 0.25) is 0 Å². The SMILES string of the molecule is c1cc(-c2ncnc(-c3cccc4c3oc3ccccc34)n2)cc(-n2c3ccccc3c3cc(-n4c5ccccc5c5ccccc54)ccc32)c1. The lowest BCUT2D eigenvalue weighted by Crippen LogP contribution is -1.98. The monoisotopic (exact) mass is 653 g/mol. The van der Waals surface area contributed by atoms with Crippen molar-refractivity contribution in [2.75, 3.05) is 0 Å². The Kier molecular flexibility index (Phi) is 5.86. The Morgan fingerprint density at radius 3 is 1.73 bits per heavy atom. The highest BCUT2D eigenvalue weighted by Gasteiger charge is 2.18. The number of nitrogens with zero attached hydrogens (tertiary/aromatic N) is 5. The summed E-state index contributed by atoms with van der Waals surface area (Å²) in [5, 5.41) is 7.01. The highest BCUT2D eigenvalue weighted by atomic mass is 16.3. The molecule has 11 rings (SSSR count). The van der Waals surface area contributed by atoms with E-state index in [4.69, 9.17) is 9.40 Å². The predicted octanol–water partition coefficient (Wildman–Crippen LogP) is 11.3. The van der Waals surface area contributed by atoms with Crippen LogP contribution in [0.1, 0.15) is 0 Å². The first-order valence-electron chi connectivity index (χ1n) is 17.0. The van der Waals surface area contributed by atoms with Gasteiger partial charge in [0.2, 0.25) is 0 Å². The van der Waals surface area contributed by atoms with Crippen LogP contribution in [0, 0.1) is 0 Å². The van der Waals surface area contributed by atoms with Crippen molar-refractivity contribution >= 4 is 65.6 Å². The number of aromatic nitrogens is 5. The third-order valence-corrected chi connectivity index (χ3v) is 10.1. The summed E-state index contributed by atoms with van der Waals surface area (Å²) in [6, 6.07) is 55.3. The quantitative estimate of drug-likeness (QED) is 0.190. The lowest BCUT2D eigenvalue weighted by atomic mass is 10.1. The summed E-state index contributed by atoms with van der Waals surface area (Å²) >= 11 is 0. The topological polar surface area (TPSA) is 61.7 Å². The van der Waals surface area contributed by atoms with E-state index in [0.29, 0.717) is 11.6 Å². The van der Waals surface area contributed by atoms with Crippen molar-refractivity contribution < 1.29 is 4.42 Å². The average Bonchev–Trinajstić information content (AvgIpc) is 3.86. The first kappa shape index (κ1) is 27.9. The van der Waals surface area contributed by atoms with Gasteiger partial charge in [0.25, 0.3) is 0 Å². The third kappa shape index (κ3) is 4.14. The second-order valence-corrected chi connectivity index (χ2v) is 12.9. The Morgan fingerprint density at radius 1 is 0.412 bits per heavy atom. The van der Waals surface area contributed by atoms with E-state index in [2.05, 4.69) is 146 Å². The van der Waals surface area contributed by atoms with Gasteiger partial charge in [0.1, 0.15) is 17.5 Å². The van der Waals surface area contributed by atoms with Crippen LogP contribution >= 0.6 is 0 Å². The van der Waals surface area contributed by atoms with Gasteiger partial charge in [0.15, 0.2) is 11.6 Å². The van der Waals surface area contributed by atoms with Gasteiger partial charge in [0, 0.05) is 49.3 Å². The minimum absolute atomic E-state index is 0.574. The summed E-state index contributed by atoms with van der Waals surface area (Å²) in [5.41, 5.74) is 10.2. The van der Waals surface area contributed by atoms with Crippen molar-refractivity contribution in [2.24, 2.45) is 0 Å². The van der Waals surface area contributed by atoms with Crippen LogP contribution in [0.5, 0.6) is 0 Å². The van der Waals surface area contributed by atoms with Gasteiger partial charge in [-0.25, -0.2) is 15.0 Å². The molecule has 238 valence electrons. The van der Waals surface area contributed by atoms with Gasteiger partial charge in [0.05, 0.1) is 27.6 Å². The van der Waals surface area contributed by atoms with Crippen LogP contribution in [-0.2, 0) is 0 Å². The Labute approximate surface area is 291 Å². The van der Waals surface area contributed by atoms with Crippen LogP contribution in [0.25, 0.3) is 99.7 Å². The summed E-state index contributed by atoms with van der Waals surface area (Å²) in [4.78, 5) is 14.2. The van der Waals surface area contributed by atoms with Crippen LogP contribution in [0.3, 0.4) is 0 Å². The van der Waals surface area contributed by atoms with Gasteiger partial charge in [-0.15, -0.1) is 0 Å². The average molecular weight is 654 g/mol. The Bertz CT molecular complexity index is 3110. The molecule has 0 saturated heterocycles. The van der Waals surface area contributed by atoms with Crippen molar-refractivity contribution in [3.05, 3.63) is 164 Å². The molecule has 0 N–H and O–H groups in total. The van der Waals surface area contributed by atoms with E-state index in [1.54, 1.807) is 6.33 Å². The molecule has 0 saturated carbocycles. The lowest BCUT2D eigenvalue weighted by Gasteiger charge is -2.11. The maximum absolute atomic E-state index is 6.30. The van der Waals surface area contributed by atoms with Crippen LogP contribution < -0.4 is 0 Å². The normalized spacial score (nSPS) is 11.9. The number of para-hydroxylation sites is 5. The van der Waals surface area contributed by atoms with Gasteiger partial charge in [-0.1, -0.05) is 97.1 Å². The number of rotatable bonds is 4. The smallest absolute Gasteiger partial charge is 0.167 e. The summed E-state index contributed by atoms with van der Waals surface area (Å²) < 4.78 is 11.0. The highest BCUT2D eigenvalue weighted by Crippen LogP contribution is 2.38. The summed E-state index contributed by atoms with van der Waals surface area (Å²) in [5.74, 6) is 1.17. The Balaban J connectivity index is 1.06. The second kappa shape index (κ2) is 10.7. The molecule has 0 unspecified atom stereocenters. The van der Waals surface area contributed by atoms with E-state index in [-0.39, 0.29) is 0 Å². The van der Waals surface area contributed by atoms with Gasteiger partial charge >= 0.3 is 0 Å². The highest BCUT2D eigenvalue weighted by molar-refractivity contribution is 6.12. The fraction of sp³-hybridized carbons (Fsp3) is 0. The van der Waals surface area contributed by atoms with Crippen molar-refractivity contribution in [1.82, 2.24) is 24.1 Å². The largest absolute Gasteiger partial charge is 0.455 e. The minimum Gasteiger partial charge on any atom is -0.455 e. The van der Waals surface area contributed by atoms with Gasteiger partial charge < -0.3 is 13.6 Å². The van der Waals surface area contributed by atoms with E-state index in [1.165, 1.54) is 32.6 Å². The van der Waals surface area contributed by atoms with E-state index in [1.807, 2.05) is 30.3 Å². The number of benzene rings is 7. The summed E-state index contributed by atoms with van der Waals surface area (Å²) in [6.07, 6.45) is 1.59. The molecule has 6 nitrogen and oxygen atoms in total. The molecule has 0 bridgehead atoms. The van der Waals surface area contributed by atoms with Crippen molar-refractivity contribution in [1.29, 1.82) is 0 Å². The fourth-order valence-corrected chi connectivity index (χ4v) is 7.85. The number of hydrogen-bond acceptors (Lipinski definition) is 4. The summed E-state index contributed by atoms with van der Waals surface area (Å²) in [6.45, 7) is 0. The molecule has 4 aromatic heterocycles. The molecule has 0 aliphatic heterocycles. The van der Waals surface area contributed by atoms with Crippen molar-refractivity contribution in [3.8, 4) is 34.2 Å². The van der Waals surface area contributed by atoms with Gasteiger partial charge in [-0.2, -0.15) is 0 Å². The molecule has 0 aliphatic carbocycles. The Morgan fingerprint density at radius 2 is 0.980 bits per heavy atom. The fourth-order valence-electron chi connectivity index (χ4n) is 7.85. The zero-order valence-corrected chi connectivity index (χ0v) is 27.2. The molecule has 0 aliphatic rings. The molecule has 51 heavy (non-hydrogen) atoms. The molecule has 4 heterocycles. The molecule has 0 spiro atoms. The molecule has 6 heteroatoms. The predicted molar refractivity (Wildman–Crippen MR) is 207 cm³/mol. The van der Waals surface area contributed by atoms with Crippen LogP contribution in [-0.4, -0.2) is 24.1 Å². The molecule has 0 amide bonds. The van der Waals surface area contributed by atoms with Gasteiger partial charge in [-0.3, -0.25) is 0 Å². The van der Waals surface area contributed by atoms with Crippen LogP contribution in [0.15, 0.2) is 168 Å². The molecule has 0 atom stereocenters. The second-order valence-electron chi connectivity index (χ2n) is 12.9. The molecular weight excluding hydrogens is 627 g/mol. The first-order chi connectivity index (χ1) is 25.3. The standard InChI is InChI=1S/C45H27N5O/c1-5-19-38-31(13-1)32-14-2-6-20-39(32)50(38)30-23-24-41-37(26-30)33-15-3-7-21-40(33)49(41)29-12-9-11-28(25-29)44-46-27-47-45(48-44)36-18-10-17-35-34-16-4-8-22-42(34)51-43(35)36/h1-27H. The first-order valence-corrected chi connectivity index (χ1v) is 17.0. The Hall–Kier alpha value is -7.05. The van der Waals surface area contributed by atoms with E-state index >= 15 is 0 Å². The minimum atomic E-state index is 0.574. The number of hydrogen-bond donors (Lipinski definition) is 0. The maximum atomic E-state index is 6.30. The van der Waals surface area contributed by atoms with E-state index in [9.17, 15) is 0 Å². The molecule has 0 radical (unpaired) electrons. The zero-order chi connectivity index (χ0) is 33.5. The maximum Gasteiger partial charge on any atom is 0.167 e. The molecule has 11 aromatic rings.